The number of H-pyrrole nitrogens is 1. The Morgan fingerprint density at radius 3 is 2.09 bits per heavy atom. The fourth-order valence-electron chi connectivity index (χ4n) is 5.07. The first-order chi connectivity index (χ1) is 16.2. The average molecular weight is 441 g/mol. The molecule has 0 amide bonds. The molecule has 170 valence electrons. The summed E-state index contributed by atoms with van der Waals surface area (Å²) >= 11 is 0. The van der Waals surface area contributed by atoms with E-state index in [0.717, 1.165) is 56.7 Å². The Morgan fingerprint density at radius 2 is 1.45 bits per heavy atom. The number of aromatic nitrogens is 2. The van der Waals surface area contributed by atoms with Crippen LogP contribution in [0.3, 0.4) is 0 Å². The Balaban J connectivity index is 1.21. The lowest BCUT2D eigenvalue weighted by atomic mass is 9.96. The second-order valence-electron chi connectivity index (χ2n) is 9.06. The van der Waals surface area contributed by atoms with Gasteiger partial charge in [-0.2, -0.15) is 0 Å². The Kier molecular flexibility index (Phi) is 6.42. The van der Waals surface area contributed by atoms with Gasteiger partial charge < -0.3 is 9.88 Å². The van der Waals surface area contributed by atoms with Crippen molar-refractivity contribution < 1.29 is 0 Å². The minimum absolute atomic E-state index is 0.00557. The highest BCUT2D eigenvalue weighted by molar-refractivity contribution is 5.75. The van der Waals surface area contributed by atoms with Crippen LogP contribution in [0, 0.1) is 6.92 Å². The molecular weight excluding hydrogens is 408 g/mol. The minimum Gasteiger partial charge on any atom is -0.306 e. The van der Waals surface area contributed by atoms with Crippen LogP contribution < -0.4 is 5.69 Å². The van der Waals surface area contributed by atoms with Crippen LogP contribution in [0.1, 0.15) is 29.2 Å². The first kappa shape index (κ1) is 21.7. The van der Waals surface area contributed by atoms with Crippen LogP contribution in [0.2, 0.25) is 0 Å². The number of nitrogens with one attached hydrogen (secondary N) is 1. The van der Waals surface area contributed by atoms with Crippen molar-refractivity contribution in [3.05, 3.63) is 106 Å². The minimum atomic E-state index is -0.00557. The van der Waals surface area contributed by atoms with Crippen LogP contribution in [0.15, 0.2) is 83.7 Å². The van der Waals surface area contributed by atoms with Crippen molar-refractivity contribution in [2.75, 3.05) is 32.7 Å². The van der Waals surface area contributed by atoms with Crippen molar-refractivity contribution >= 4 is 11.0 Å². The molecule has 5 heteroatoms. The number of aryl methyl sites for hydroxylation is 2. The zero-order chi connectivity index (χ0) is 22.6. The molecule has 4 aromatic rings. The fraction of sp³-hybridized carbons (Fsp3) is 0.321. The topological polar surface area (TPSA) is 44.3 Å². The van der Waals surface area contributed by atoms with Crippen LogP contribution in [-0.4, -0.2) is 52.1 Å². The van der Waals surface area contributed by atoms with Crippen LogP contribution in [0.25, 0.3) is 11.0 Å². The van der Waals surface area contributed by atoms with Crippen molar-refractivity contribution in [2.45, 2.75) is 25.9 Å². The van der Waals surface area contributed by atoms with Crippen molar-refractivity contribution in [1.82, 2.24) is 19.4 Å². The number of aromatic amines is 1. The first-order valence-corrected chi connectivity index (χ1v) is 11.9. The van der Waals surface area contributed by atoms with Crippen LogP contribution >= 0.6 is 0 Å². The van der Waals surface area contributed by atoms with Gasteiger partial charge in [0.1, 0.15) is 0 Å². The third-order valence-corrected chi connectivity index (χ3v) is 6.79. The van der Waals surface area contributed by atoms with Crippen molar-refractivity contribution in [3.63, 3.8) is 0 Å². The number of hydrogen-bond donors (Lipinski definition) is 1. The molecule has 1 N–H and O–H groups in total. The monoisotopic (exact) mass is 440 g/mol. The van der Waals surface area contributed by atoms with Gasteiger partial charge in [-0.05, 0) is 48.7 Å². The summed E-state index contributed by atoms with van der Waals surface area (Å²) in [4.78, 5) is 20.5. The zero-order valence-electron chi connectivity index (χ0n) is 19.3. The number of fused-ring (bicyclic) bond motifs is 1. The van der Waals surface area contributed by atoms with Crippen LogP contribution in [0.4, 0.5) is 0 Å². The highest BCUT2D eigenvalue weighted by Crippen LogP contribution is 2.29. The summed E-state index contributed by atoms with van der Waals surface area (Å²) in [6.45, 7) is 8.02. The highest BCUT2D eigenvalue weighted by Gasteiger charge is 2.26. The van der Waals surface area contributed by atoms with E-state index in [1.165, 1.54) is 16.7 Å². The maximum atomic E-state index is 12.4. The van der Waals surface area contributed by atoms with Gasteiger partial charge in [-0.25, -0.2) is 4.79 Å². The van der Waals surface area contributed by atoms with E-state index in [2.05, 4.69) is 88.4 Å². The van der Waals surface area contributed by atoms with Gasteiger partial charge in [0.15, 0.2) is 0 Å². The summed E-state index contributed by atoms with van der Waals surface area (Å²) < 4.78 is 1.89. The molecular formula is C28H32N4O. The van der Waals surface area contributed by atoms with Gasteiger partial charge >= 0.3 is 5.69 Å². The third kappa shape index (κ3) is 4.80. The third-order valence-electron chi connectivity index (χ3n) is 6.79. The molecule has 1 saturated heterocycles. The van der Waals surface area contributed by atoms with Gasteiger partial charge in [0.05, 0.1) is 17.1 Å². The molecule has 1 fully saturated rings. The summed E-state index contributed by atoms with van der Waals surface area (Å²) in [6.07, 6.45) is 0.974. The molecule has 0 bridgehead atoms. The Hall–Kier alpha value is -3.15. The van der Waals surface area contributed by atoms with E-state index in [1.54, 1.807) is 0 Å². The Morgan fingerprint density at radius 1 is 0.818 bits per heavy atom. The van der Waals surface area contributed by atoms with E-state index in [0.29, 0.717) is 6.04 Å². The molecule has 2 heterocycles. The number of rotatable bonds is 7. The largest absolute Gasteiger partial charge is 0.326 e. The standard InChI is InChI=1S/C28H32N4O/c1-22-13-14-25-26(21-22)32(28(33)29-25)16-8-15-30-17-19-31(20-18-30)27(23-9-4-2-5-10-23)24-11-6-3-7-12-24/h2-7,9-14,21,27H,8,15-20H2,1H3,(H,29,33). The quantitative estimate of drug-likeness (QED) is 0.462. The molecule has 1 aliphatic rings. The Bertz CT molecular complexity index is 1200. The van der Waals surface area contributed by atoms with E-state index < -0.39 is 0 Å². The van der Waals surface area contributed by atoms with E-state index in [4.69, 9.17) is 0 Å². The van der Waals surface area contributed by atoms with Gasteiger partial charge in [0.2, 0.25) is 0 Å². The molecule has 0 saturated carbocycles. The highest BCUT2D eigenvalue weighted by atomic mass is 16.1. The van der Waals surface area contributed by atoms with E-state index in [9.17, 15) is 4.79 Å². The number of benzene rings is 3. The number of nitrogens with zero attached hydrogens (tertiary/aromatic N) is 3. The maximum absolute atomic E-state index is 12.4. The van der Waals surface area contributed by atoms with Crippen molar-refractivity contribution in [1.29, 1.82) is 0 Å². The molecule has 1 aromatic heterocycles. The summed E-state index contributed by atoms with van der Waals surface area (Å²) in [6, 6.07) is 28.1. The van der Waals surface area contributed by atoms with Crippen LogP contribution in [0.5, 0.6) is 0 Å². The molecule has 0 spiro atoms. The van der Waals surface area contributed by atoms with Gasteiger partial charge in [-0.1, -0.05) is 66.7 Å². The van der Waals surface area contributed by atoms with Gasteiger partial charge in [0.25, 0.3) is 0 Å². The second kappa shape index (κ2) is 9.77. The summed E-state index contributed by atoms with van der Waals surface area (Å²) in [5, 5.41) is 0. The molecule has 1 aliphatic heterocycles. The van der Waals surface area contributed by atoms with Crippen molar-refractivity contribution in [3.8, 4) is 0 Å². The molecule has 0 unspecified atom stereocenters. The van der Waals surface area contributed by atoms with E-state index in [1.807, 2.05) is 16.7 Å². The number of hydrogen-bond acceptors (Lipinski definition) is 3. The lowest BCUT2D eigenvalue weighted by Crippen LogP contribution is -2.48. The summed E-state index contributed by atoms with van der Waals surface area (Å²) in [7, 11) is 0. The molecule has 0 atom stereocenters. The molecule has 33 heavy (non-hydrogen) atoms. The first-order valence-electron chi connectivity index (χ1n) is 11.9. The fourth-order valence-corrected chi connectivity index (χ4v) is 5.07. The summed E-state index contributed by atoms with van der Waals surface area (Å²) in [5.41, 5.74) is 5.81. The van der Waals surface area contributed by atoms with Crippen LogP contribution in [-0.2, 0) is 6.54 Å². The maximum Gasteiger partial charge on any atom is 0.326 e. The number of piperazine rings is 1. The Labute approximate surface area is 195 Å². The number of imidazole rings is 1. The second-order valence-corrected chi connectivity index (χ2v) is 9.06. The predicted molar refractivity (Wildman–Crippen MR) is 135 cm³/mol. The summed E-state index contributed by atoms with van der Waals surface area (Å²) in [5.74, 6) is 0. The SMILES string of the molecule is Cc1ccc2[nH]c(=O)n(CCCN3CCN(C(c4ccccc4)c4ccccc4)CC3)c2c1. The lowest BCUT2D eigenvalue weighted by molar-refractivity contribution is 0.108. The smallest absolute Gasteiger partial charge is 0.306 e. The molecule has 0 aliphatic carbocycles. The molecule has 3 aromatic carbocycles. The molecule has 5 nitrogen and oxygen atoms in total. The average Bonchev–Trinajstić information content (AvgIpc) is 3.16. The van der Waals surface area contributed by atoms with Gasteiger partial charge in [-0.15, -0.1) is 0 Å². The van der Waals surface area contributed by atoms with Crippen molar-refractivity contribution in [2.24, 2.45) is 0 Å². The lowest BCUT2D eigenvalue weighted by Gasteiger charge is -2.39. The zero-order valence-corrected chi connectivity index (χ0v) is 19.3. The van der Waals surface area contributed by atoms with Gasteiger partial charge in [0, 0.05) is 32.7 Å². The van der Waals surface area contributed by atoms with E-state index in [-0.39, 0.29) is 5.69 Å². The van der Waals surface area contributed by atoms with E-state index >= 15 is 0 Å². The predicted octanol–water partition coefficient (Wildman–Crippen LogP) is 4.44. The normalized spacial score (nSPS) is 15.5. The molecule has 5 rings (SSSR count). The molecule has 0 radical (unpaired) electrons. The van der Waals surface area contributed by atoms with Gasteiger partial charge in [-0.3, -0.25) is 9.47 Å².